The lowest BCUT2D eigenvalue weighted by Crippen LogP contribution is -2.15. The van der Waals surface area contributed by atoms with Crippen LogP contribution in [0.4, 0.5) is 5.82 Å². The van der Waals surface area contributed by atoms with Crippen molar-refractivity contribution in [2.45, 2.75) is 12.2 Å². The number of aryl methyl sites for hydroxylation is 1. The largest absolute Gasteiger partial charge is 0.486 e. The zero-order valence-corrected chi connectivity index (χ0v) is 12.8. The van der Waals surface area contributed by atoms with Gasteiger partial charge in [0.1, 0.15) is 13.2 Å². The number of carbonyl (C=O) groups is 1. The fourth-order valence-electron chi connectivity index (χ4n) is 2.75. The number of hydrogen-bond acceptors (Lipinski definition) is 5. The average molecular weight is 317 g/mol. The van der Waals surface area contributed by atoms with E-state index in [-0.39, 0.29) is 11.2 Å². The molecule has 2 N–H and O–H groups in total. The van der Waals surface area contributed by atoms with Gasteiger partial charge in [-0.05, 0) is 24.6 Å². The Morgan fingerprint density at radius 2 is 2.09 bits per heavy atom. The highest BCUT2D eigenvalue weighted by atomic mass is 32.2. The minimum Gasteiger partial charge on any atom is -0.486 e. The van der Waals surface area contributed by atoms with Gasteiger partial charge < -0.3 is 14.8 Å². The van der Waals surface area contributed by atoms with Crippen LogP contribution in [0.15, 0.2) is 18.2 Å². The van der Waals surface area contributed by atoms with Crippen LogP contribution in [-0.4, -0.2) is 35.1 Å². The lowest BCUT2D eigenvalue weighted by molar-refractivity contribution is -0.113. The van der Waals surface area contributed by atoms with Gasteiger partial charge in [0, 0.05) is 11.3 Å². The van der Waals surface area contributed by atoms with Crippen LogP contribution in [0.3, 0.4) is 0 Å². The maximum atomic E-state index is 11.8. The molecule has 2 aliphatic rings. The fourth-order valence-corrected chi connectivity index (χ4v) is 3.93. The lowest BCUT2D eigenvalue weighted by atomic mass is 10.0. The third-order valence-electron chi connectivity index (χ3n) is 3.76. The van der Waals surface area contributed by atoms with Crippen LogP contribution in [0.5, 0.6) is 11.5 Å². The maximum absolute atomic E-state index is 11.8. The number of ether oxygens (including phenoxy) is 2. The SMILES string of the molecule is Cc1[nH]nc2c1[C@H](c1ccc3c(c1)OCCO3)SCC(=O)N2. The van der Waals surface area contributed by atoms with Gasteiger partial charge in [-0.3, -0.25) is 9.89 Å². The van der Waals surface area contributed by atoms with Crippen molar-refractivity contribution >= 4 is 23.5 Å². The van der Waals surface area contributed by atoms with Gasteiger partial charge in [0.05, 0.1) is 11.0 Å². The second kappa shape index (κ2) is 5.24. The molecule has 0 bridgehead atoms. The number of benzene rings is 1. The summed E-state index contributed by atoms with van der Waals surface area (Å²) in [4.78, 5) is 11.8. The number of nitrogens with zero attached hydrogens (tertiary/aromatic N) is 1. The molecule has 1 aromatic carbocycles. The van der Waals surface area contributed by atoms with Gasteiger partial charge in [-0.25, -0.2) is 0 Å². The first kappa shape index (κ1) is 13.5. The highest BCUT2D eigenvalue weighted by Crippen LogP contribution is 2.44. The molecule has 2 aliphatic heterocycles. The van der Waals surface area contributed by atoms with Crippen LogP contribution >= 0.6 is 11.8 Å². The molecule has 4 rings (SSSR count). The normalized spacial score (nSPS) is 20.0. The first-order valence-electron chi connectivity index (χ1n) is 7.08. The summed E-state index contributed by atoms with van der Waals surface area (Å²) in [5.41, 5.74) is 3.06. The van der Waals surface area contributed by atoms with E-state index >= 15 is 0 Å². The highest BCUT2D eigenvalue weighted by Gasteiger charge is 2.29. The van der Waals surface area contributed by atoms with E-state index in [4.69, 9.17) is 9.47 Å². The van der Waals surface area contributed by atoms with Crippen LogP contribution in [0.25, 0.3) is 0 Å². The van der Waals surface area contributed by atoms with Crippen molar-refractivity contribution in [3.63, 3.8) is 0 Å². The summed E-state index contributed by atoms with van der Waals surface area (Å²) in [6.07, 6.45) is 0. The Morgan fingerprint density at radius 3 is 2.95 bits per heavy atom. The van der Waals surface area contributed by atoms with Crippen molar-refractivity contribution in [1.82, 2.24) is 10.2 Å². The van der Waals surface area contributed by atoms with Crippen molar-refractivity contribution in [1.29, 1.82) is 0 Å². The third kappa shape index (κ3) is 2.21. The second-order valence-corrected chi connectivity index (χ2v) is 6.35. The molecular weight excluding hydrogens is 302 g/mol. The molecule has 0 saturated heterocycles. The summed E-state index contributed by atoms with van der Waals surface area (Å²) >= 11 is 1.59. The Balaban J connectivity index is 1.78. The Hall–Kier alpha value is -2.15. The number of amides is 1. The Morgan fingerprint density at radius 1 is 1.27 bits per heavy atom. The predicted molar refractivity (Wildman–Crippen MR) is 83.7 cm³/mol. The molecule has 3 heterocycles. The summed E-state index contributed by atoms with van der Waals surface area (Å²) in [5, 5.41) is 10.0. The first-order valence-corrected chi connectivity index (χ1v) is 8.13. The van der Waals surface area contributed by atoms with Crippen molar-refractivity contribution in [2.75, 3.05) is 24.3 Å². The Kier molecular flexibility index (Phi) is 3.22. The Bertz CT molecular complexity index is 744. The molecule has 0 radical (unpaired) electrons. The summed E-state index contributed by atoms with van der Waals surface area (Å²) in [7, 11) is 0. The summed E-state index contributed by atoms with van der Waals surface area (Å²) in [6.45, 7) is 3.10. The summed E-state index contributed by atoms with van der Waals surface area (Å²) in [5.74, 6) is 2.52. The van der Waals surface area contributed by atoms with Gasteiger partial charge in [0.15, 0.2) is 17.3 Å². The van der Waals surface area contributed by atoms with E-state index in [1.807, 2.05) is 25.1 Å². The van der Waals surface area contributed by atoms with Crippen molar-refractivity contribution < 1.29 is 14.3 Å². The maximum Gasteiger partial charge on any atom is 0.235 e. The van der Waals surface area contributed by atoms with Crippen molar-refractivity contribution in [3.05, 3.63) is 35.0 Å². The second-order valence-electron chi connectivity index (χ2n) is 5.25. The molecule has 1 aromatic heterocycles. The van der Waals surface area contributed by atoms with Gasteiger partial charge in [-0.2, -0.15) is 5.10 Å². The molecule has 0 fully saturated rings. The van der Waals surface area contributed by atoms with Gasteiger partial charge in [0.25, 0.3) is 0 Å². The van der Waals surface area contributed by atoms with Crippen LogP contribution in [0.2, 0.25) is 0 Å². The van der Waals surface area contributed by atoms with E-state index in [1.54, 1.807) is 11.8 Å². The molecule has 114 valence electrons. The fraction of sp³-hybridized carbons (Fsp3) is 0.333. The van der Waals surface area contributed by atoms with E-state index in [1.165, 1.54) is 0 Å². The van der Waals surface area contributed by atoms with E-state index in [9.17, 15) is 4.79 Å². The van der Waals surface area contributed by atoms with Crippen molar-refractivity contribution in [2.24, 2.45) is 0 Å². The number of aromatic amines is 1. The smallest absolute Gasteiger partial charge is 0.235 e. The number of hydrogen-bond donors (Lipinski definition) is 2. The minimum atomic E-state index is -0.0298. The molecule has 0 aliphatic carbocycles. The van der Waals surface area contributed by atoms with Crippen LogP contribution < -0.4 is 14.8 Å². The molecule has 2 aromatic rings. The molecule has 22 heavy (non-hydrogen) atoms. The number of aromatic nitrogens is 2. The summed E-state index contributed by atoms with van der Waals surface area (Å²) in [6, 6.07) is 5.95. The van der Waals surface area contributed by atoms with E-state index < -0.39 is 0 Å². The molecule has 6 nitrogen and oxygen atoms in total. The molecule has 0 spiro atoms. The van der Waals surface area contributed by atoms with Gasteiger partial charge in [-0.1, -0.05) is 6.07 Å². The van der Waals surface area contributed by atoms with E-state index in [0.29, 0.717) is 24.8 Å². The first-order chi connectivity index (χ1) is 10.7. The lowest BCUT2D eigenvalue weighted by Gasteiger charge is -2.21. The number of anilines is 1. The minimum absolute atomic E-state index is 0.0298. The highest BCUT2D eigenvalue weighted by molar-refractivity contribution is 8.00. The number of thioether (sulfide) groups is 1. The Labute approximate surface area is 131 Å². The number of H-pyrrole nitrogens is 1. The summed E-state index contributed by atoms with van der Waals surface area (Å²) < 4.78 is 11.2. The van der Waals surface area contributed by atoms with Crippen LogP contribution in [-0.2, 0) is 4.79 Å². The van der Waals surface area contributed by atoms with Gasteiger partial charge in [-0.15, -0.1) is 11.8 Å². The number of rotatable bonds is 1. The number of fused-ring (bicyclic) bond motifs is 2. The van der Waals surface area contributed by atoms with E-state index in [2.05, 4.69) is 15.5 Å². The monoisotopic (exact) mass is 317 g/mol. The van der Waals surface area contributed by atoms with E-state index in [0.717, 1.165) is 28.3 Å². The standard InChI is InChI=1S/C15H15N3O3S/c1-8-13-14(22-7-12(19)16-15(13)18-17-8)9-2-3-10-11(6-9)21-5-4-20-10/h2-3,6,14H,4-5,7H2,1H3,(H2,16,17,18,19)/t14-/m0/s1. The topological polar surface area (TPSA) is 76.2 Å². The molecular formula is C15H15N3O3S. The number of nitrogens with one attached hydrogen (secondary N) is 2. The zero-order valence-electron chi connectivity index (χ0n) is 12.0. The molecule has 1 atom stereocenters. The van der Waals surface area contributed by atoms with Crippen LogP contribution in [0.1, 0.15) is 22.1 Å². The molecule has 0 saturated carbocycles. The average Bonchev–Trinajstić information content (AvgIpc) is 2.79. The molecule has 1 amide bonds. The van der Waals surface area contributed by atoms with Gasteiger partial charge >= 0.3 is 0 Å². The van der Waals surface area contributed by atoms with Crippen molar-refractivity contribution in [3.8, 4) is 11.5 Å². The van der Waals surface area contributed by atoms with Gasteiger partial charge in [0.2, 0.25) is 5.91 Å². The predicted octanol–water partition coefficient (Wildman–Crippen LogP) is 2.26. The third-order valence-corrected chi connectivity index (χ3v) is 5.03. The number of carbonyl (C=O) groups excluding carboxylic acids is 1. The molecule has 0 unspecified atom stereocenters. The van der Waals surface area contributed by atoms with Crippen LogP contribution in [0, 0.1) is 6.92 Å². The molecule has 7 heteroatoms. The quantitative estimate of drug-likeness (QED) is 0.844. The zero-order chi connectivity index (χ0) is 15.1.